The molecule has 34 heavy (non-hydrogen) atoms. The first-order valence-electron chi connectivity index (χ1n) is 10.4. The molecule has 0 heterocycles. The van der Waals surface area contributed by atoms with Crippen molar-refractivity contribution in [2.75, 3.05) is 0 Å². The lowest BCUT2D eigenvalue weighted by Crippen LogP contribution is -2.49. The Labute approximate surface area is 194 Å². The molecule has 0 fully saturated rings. The van der Waals surface area contributed by atoms with E-state index in [1.54, 1.807) is 45.0 Å². The van der Waals surface area contributed by atoms with Crippen molar-refractivity contribution in [3.8, 4) is 11.5 Å². The smallest absolute Gasteiger partial charge is 0.487 e. The van der Waals surface area contributed by atoms with Crippen molar-refractivity contribution in [2.24, 2.45) is 5.41 Å². The van der Waals surface area contributed by atoms with Crippen molar-refractivity contribution in [1.29, 1.82) is 0 Å². The van der Waals surface area contributed by atoms with Gasteiger partial charge in [0, 0.05) is 5.39 Å². The zero-order valence-corrected chi connectivity index (χ0v) is 18.8. The van der Waals surface area contributed by atoms with Crippen LogP contribution in [0.5, 0.6) is 11.5 Å². The van der Waals surface area contributed by atoms with Crippen LogP contribution in [0.4, 0.5) is 13.2 Å². The Kier molecular flexibility index (Phi) is 7.04. The highest BCUT2D eigenvalue weighted by Crippen LogP contribution is 2.32. The van der Waals surface area contributed by atoms with Crippen molar-refractivity contribution < 1.29 is 37.3 Å². The number of benzene rings is 3. The van der Waals surface area contributed by atoms with Crippen LogP contribution in [0, 0.1) is 5.41 Å². The van der Waals surface area contributed by atoms with Crippen LogP contribution in [0.15, 0.2) is 60.7 Å². The van der Waals surface area contributed by atoms with Crippen LogP contribution < -0.4 is 14.8 Å². The summed E-state index contributed by atoms with van der Waals surface area (Å²) in [6.07, 6.45) is -4.79. The normalized spacial score (nSPS) is 12.8. The number of fused-ring (bicyclic) bond motifs is 1. The molecule has 0 radical (unpaired) electrons. The molecule has 0 aliphatic carbocycles. The van der Waals surface area contributed by atoms with Crippen molar-refractivity contribution in [1.82, 2.24) is 5.32 Å². The molecular formula is C25H24F3NO5. The Morgan fingerprint density at radius 3 is 2.21 bits per heavy atom. The van der Waals surface area contributed by atoms with Gasteiger partial charge in [-0.05, 0) is 34.6 Å². The van der Waals surface area contributed by atoms with Gasteiger partial charge in [0.05, 0.1) is 5.56 Å². The highest BCUT2D eigenvalue weighted by Gasteiger charge is 2.34. The van der Waals surface area contributed by atoms with Crippen LogP contribution in [0.2, 0.25) is 0 Å². The predicted octanol–water partition coefficient (Wildman–Crippen LogP) is 5.55. The molecule has 3 aromatic rings. The number of ether oxygens (including phenoxy) is 2. The van der Waals surface area contributed by atoms with E-state index in [1.807, 2.05) is 12.1 Å². The lowest BCUT2D eigenvalue weighted by molar-refractivity contribution is -0.274. The van der Waals surface area contributed by atoms with E-state index in [4.69, 9.17) is 4.74 Å². The molecule has 3 rings (SSSR count). The van der Waals surface area contributed by atoms with E-state index >= 15 is 0 Å². The number of halogens is 3. The number of hydrogen-bond acceptors (Lipinski definition) is 4. The number of aliphatic carboxylic acids is 1. The van der Waals surface area contributed by atoms with Gasteiger partial charge in [-0.2, -0.15) is 0 Å². The molecule has 0 spiro atoms. The van der Waals surface area contributed by atoms with Gasteiger partial charge < -0.3 is 19.9 Å². The second-order valence-corrected chi connectivity index (χ2v) is 8.75. The number of carbonyl (C=O) groups excluding carboxylic acids is 1. The number of hydrogen-bond donors (Lipinski definition) is 2. The first-order chi connectivity index (χ1) is 15.8. The minimum absolute atomic E-state index is 0.0395. The fraction of sp³-hybridized carbons (Fsp3) is 0.280. The molecule has 0 saturated carbocycles. The number of alkyl halides is 3. The van der Waals surface area contributed by atoms with Crippen molar-refractivity contribution >= 4 is 22.6 Å². The van der Waals surface area contributed by atoms with Crippen molar-refractivity contribution in [2.45, 2.75) is 39.8 Å². The molecule has 1 unspecified atom stereocenters. The minimum Gasteiger partial charge on any atom is -0.487 e. The van der Waals surface area contributed by atoms with Crippen LogP contribution in [-0.4, -0.2) is 29.4 Å². The van der Waals surface area contributed by atoms with Gasteiger partial charge in [-0.15, -0.1) is 13.2 Å². The molecule has 0 aliphatic rings. The summed E-state index contributed by atoms with van der Waals surface area (Å²) < 4.78 is 46.9. The summed E-state index contributed by atoms with van der Waals surface area (Å²) in [5.41, 5.74) is -0.0438. The predicted molar refractivity (Wildman–Crippen MR) is 120 cm³/mol. The third kappa shape index (κ3) is 6.18. The Hall–Kier alpha value is -3.75. The average Bonchev–Trinajstić information content (AvgIpc) is 2.74. The maximum atomic E-state index is 13.1. The van der Waals surface area contributed by atoms with Crippen molar-refractivity contribution in [3.05, 3.63) is 71.8 Å². The highest BCUT2D eigenvalue weighted by molar-refractivity contribution is 6.05. The topological polar surface area (TPSA) is 84.9 Å². The van der Waals surface area contributed by atoms with Crippen molar-refractivity contribution in [3.63, 3.8) is 0 Å². The zero-order valence-electron chi connectivity index (χ0n) is 18.8. The number of amides is 1. The average molecular weight is 475 g/mol. The summed E-state index contributed by atoms with van der Waals surface area (Å²) in [4.78, 5) is 24.8. The fourth-order valence-electron chi connectivity index (χ4n) is 3.38. The van der Waals surface area contributed by atoms with E-state index in [0.29, 0.717) is 10.9 Å². The summed E-state index contributed by atoms with van der Waals surface area (Å²) in [5.74, 6) is -1.89. The second kappa shape index (κ2) is 9.62. The summed E-state index contributed by atoms with van der Waals surface area (Å²) >= 11 is 0. The third-order valence-corrected chi connectivity index (χ3v) is 5.05. The number of carbonyl (C=O) groups is 2. The van der Waals surface area contributed by atoms with E-state index in [9.17, 15) is 27.9 Å². The highest BCUT2D eigenvalue weighted by atomic mass is 19.4. The van der Waals surface area contributed by atoms with Crippen LogP contribution in [0.25, 0.3) is 10.8 Å². The van der Waals surface area contributed by atoms with Crippen LogP contribution >= 0.6 is 0 Å². The molecule has 6 nitrogen and oxygen atoms in total. The second-order valence-electron chi connectivity index (χ2n) is 8.75. The maximum Gasteiger partial charge on any atom is 0.573 e. The van der Waals surface area contributed by atoms with E-state index in [0.717, 1.165) is 5.39 Å². The van der Waals surface area contributed by atoms with Crippen LogP contribution in [0.1, 0.15) is 36.7 Å². The number of rotatable bonds is 7. The molecule has 0 aromatic heterocycles. The first kappa shape index (κ1) is 24.9. The Balaban J connectivity index is 1.89. The Bertz CT molecular complexity index is 1180. The monoisotopic (exact) mass is 475 g/mol. The summed E-state index contributed by atoms with van der Waals surface area (Å²) in [6, 6.07) is 14.5. The lowest BCUT2D eigenvalue weighted by Gasteiger charge is -2.28. The molecule has 0 bridgehead atoms. The maximum absolute atomic E-state index is 13.1. The molecule has 2 N–H and O–H groups in total. The SMILES string of the molecule is CC(C)(C)C(NC(=O)c1ccc2ccccc2c1OCc1ccc(OC(F)(F)F)cc1)C(=O)O. The minimum atomic E-state index is -4.79. The summed E-state index contributed by atoms with van der Waals surface area (Å²) in [5, 5.41) is 13.6. The number of carboxylic acids is 1. The Morgan fingerprint density at radius 1 is 0.971 bits per heavy atom. The molecule has 3 aromatic carbocycles. The van der Waals surface area contributed by atoms with Gasteiger partial charge in [0.25, 0.3) is 5.91 Å². The number of carboxylic acid groups (broad SMARTS) is 1. The molecule has 9 heteroatoms. The molecule has 1 atom stereocenters. The third-order valence-electron chi connectivity index (χ3n) is 5.05. The van der Waals surface area contributed by atoms with E-state index in [2.05, 4.69) is 10.1 Å². The van der Waals surface area contributed by atoms with Gasteiger partial charge in [0.1, 0.15) is 24.1 Å². The fourth-order valence-corrected chi connectivity index (χ4v) is 3.38. The van der Waals surface area contributed by atoms with E-state index < -0.39 is 29.7 Å². The molecule has 0 saturated heterocycles. The quantitative estimate of drug-likeness (QED) is 0.468. The van der Waals surface area contributed by atoms with Crippen LogP contribution in [0.3, 0.4) is 0 Å². The van der Waals surface area contributed by atoms with Gasteiger partial charge in [0.2, 0.25) is 0 Å². The van der Waals surface area contributed by atoms with Crippen LogP contribution in [-0.2, 0) is 11.4 Å². The van der Waals surface area contributed by atoms with E-state index in [-0.39, 0.29) is 23.7 Å². The van der Waals surface area contributed by atoms with E-state index in [1.165, 1.54) is 24.3 Å². The Morgan fingerprint density at radius 2 is 1.62 bits per heavy atom. The van der Waals surface area contributed by atoms with Gasteiger partial charge >= 0.3 is 12.3 Å². The lowest BCUT2D eigenvalue weighted by atomic mass is 9.86. The largest absolute Gasteiger partial charge is 0.573 e. The zero-order chi connectivity index (χ0) is 25.1. The van der Waals surface area contributed by atoms with Gasteiger partial charge in [0.15, 0.2) is 0 Å². The first-order valence-corrected chi connectivity index (χ1v) is 10.4. The standard InChI is InChI=1S/C25H24F3NO5/c1-24(2,3)21(23(31)32)29-22(30)19-13-10-16-6-4-5-7-18(16)20(19)33-14-15-8-11-17(12-9-15)34-25(26,27)28/h4-13,21H,14H2,1-3H3,(H,29,30)(H,31,32). The summed E-state index contributed by atoms with van der Waals surface area (Å²) in [6.45, 7) is 5.07. The molecular weight excluding hydrogens is 451 g/mol. The molecule has 1 amide bonds. The van der Waals surface area contributed by atoms with Gasteiger partial charge in [-0.3, -0.25) is 4.79 Å². The number of nitrogens with one attached hydrogen (secondary N) is 1. The molecule has 180 valence electrons. The molecule has 0 aliphatic heterocycles. The van der Waals surface area contributed by atoms with Gasteiger partial charge in [-0.25, -0.2) is 4.79 Å². The van der Waals surface area contributed by atoms with Gasteiger partial charge in [-0.1, -0.05) is 63.2 Å². The summed E-state index contributed by atoms with van der Waals surface area (Å²) in [7, 11) is 0.